The summed E-state index contributed by atoms with van der Waals surface area (Å²) in [6.07, 6.45) is 5.55. The molecular formula is C9H12N6O2S. The molecule has 0 spiro atoms. The predicted octanol–water partition coefficient (Wildman–Crippen LogP) is -0.567. The SMILES string of the molecule is NCCn1cc(S(=O)(=O)Nc2ncccn2)cn1. The Balaban J connectivity index is 2.20. The fraction of sp³-hybridized carbons (Fsp3) is 0.222. The van der Waals surface area contributed by atoms with Crippen LogP contribution in [0.4, 0.5) is 5.95 Å². The van der Waals surface area contributed by atoms with Gasteiger partial charge in [-0.3, -0.25) is 4.68 Å². The molecule has 0 atom stereocenters. The summed E-state index contributed by atoms with van der Waals surface area (Å²) in [5.74, 6) is 0.0177. The molecule has 2 aromatic rings. The standard InChI is InChI=1S/C9H12N6O2S/c10-2-5-15-7-8(6-13-15)18(16,17)14-9-11-3-1-4-12-9/h1,3-4,6-7H,2,5,10H2,(H,11,12,14). The molecule has 0 aliphatic heterocycles. The van der Waals surface area contributed by atoms with E-state index in [0.29, 0.717) is 13.1 Å². The van der Waals surface area contributed by atoms with Crippen LogP contribution in [0.1, 0.15) is 0 Å². The van der Waals surface area contributed by atoms with Crippen LogP contribution < -0.4 is 10.5 Å². The molecule has 0 unspecified atom stereocenters. The van der Waals surface area contributed by atoms with Crippen molar-refractivity contribution in [3.8, 4) is 0 Å². The van der Waals surface area contributed by atoms with E-state index < -0.39 is 10.0 Å². The van der Waals surface area contributed by atoms with Crippen LogP contribution in [0.15, 0.2) is 35.7 Å². The average molecular weight is 268 g/mol. The number of rotatable bonds is 5. The first kappa shape index (κ1) is 12.5. The van der Waals surface area contributed by atoms with E-state index >= 15 is 0 Å². The molecule has 2 aromatic heterocycles. The Bertz CT molecular complexity index is 609. The van der Waals surface area contributed by atoms with Crippen LogP contribution in [0.5, 0.6) is 0 Å². The lowest BCUT2D eigenvalue weighted by Gasteiger charge is -2.03. The highest BCUT2D eigenvalue weighted by Crippen LogP contribution is 2.11. The van der Waals surface area contributed by atoms with E-state index in [1.807, 2.05) is 0 Å². The molecule has 18 heavy (non-hydrogen) atoms. The Kier molecular flexibility index (Phi) is 3.53. The van der Waals surface area contributed by atoms with Crippen molar-refractivity contribution in [3.05, 3.63) is 30.9 Å². The zero-order chi connectivity index (χ0) is 13.0. The minimum absolute atomic E-state index is 0.0177. The number of nitrogens with zero attached hydrogens (tertiary/aromatic N) is 4. The van der Waals surface area contributed by atoms with Crippen LogP contribution in [0.25, 0.3) is 0 Å². The molecule has 9 heteroatoms. The second-order valence-electron chi connectivity index (χ2n) is 3.41. The Labute approximate surface area is 104 Å². The van der Waals surface area contributed by atoms with E-state index in [1.165, 1.54) is 29.5 Å². The first-order valence-electron chi connectivity index (χ1n) is 5.14. The maximum atomic E-state index is 11.9. The fourth-order valence-electron chi connectivity index (χ4n) is 1.27. The van der Waals surface area contributed by atoms with Gasteiger partial charge >= 0.3 is 0 Å². The third kappa shape index (κ3) is 2.81. The minimum atomic E-state index is -3.71. The van der Waals surface area contributed by atoms with Crippen LogP contribution in [-0.4, -0.2) is 34.7 Å². The second-order valence-corrected chi connectivity index (χ2v) is 5.09. The molecule has 0 aliphatic rings. The van der Waals surface area contributed by atoms with Gasteiger partial charge in [0.1, 0.15) is 4.90 Å². The Morgan fingerprint density at radius 3 is 2.72 bits per heavy atom. The van der Waals surface area contributed by atoms with Crippen molar-refractivity contribution in [2.75, 3.05) is 11.3 Å². The molecule has 0 radical (unpaired) electrons. The lowest BCUT2D eigenvalue weighted by atomic mass is 10.6. The number of hydrogen-bond donors (Lipinski definition) is 2. The topological polar surface area (TPSA) is 116 Å². The van der Waals surface area contributed by atoms with Crippen molar-refractivity contribution in [1.29, 1.82) is 0 Å². The Morgan fingerprint density at radius 1 is 1.33 bits per heavy atom. The lowest BCUT2D eigenvalue weighted by molar-refractivity contribution is 0.599. The molecule has 0 fully saturated rings. The summed E-state index contributed by atoms with van der Waals surface area (Å²) in [6, 6.07) is 1.59. The molecule has 0 aliphatic carbocycles. The van der Waals surface area contributed by atoms with Gasteiger partial charge in [-0.2, -0.15) is 5.10 Å². The Morgan fingerprint density at radius 2 is 2.06 bits per heavy atom. The van der Waals surface area contributed by atoms with Crippen molar-refractivity contribution in [3.63, 3.8) is 0 Å². The van der Waals surface area contributed by atoms with E-state index in [1.54, 1.807) is 6.07 Å². The number of nitrogens with one attached hydrogen (secondary N) is 1. The van der Waals surface area contributed by atoms with E-state index in [2.05, 4.69) is 19.8 Å². The first-order valence-corrected chi connectivity index (χ1v) is 6.62. The highest BCUT2D eigenvalue weighted by Gasteiger charge is 2.17. The maximum absolute atomic E-state index is 11.9. The summed E-state index contributed by atoms with van der Waals surface area (Å²) in [6.45, 7) is 0.841. The molecule has 0 saturated carbocycles. The third-order valence-corrected chi connectivity index (χ3v) is 3.35. The van der Waals surface area contributed by atoms with Crippen molar-refractivity contribution < 1.29 is 8.42 Å². The van der Waals surface area contributed by atoms with Gasteiger partial charge in [0.05, 0.1) is 12.7 Å². The quantitative estimate of drug-likeness (QED) is 0.750. The monoisotopic (exact) mass is 268 g/mol. The van der Waals surface area contributed by atoms with Gasteiger partial charge < -0.3 is 5.73 Å². The molecule has 3 N–H and O–H groups in total. The number of sulfonamides is 1. The van der Waals surface area contributed by atoms with Gasteiger partial charge in [0, 0.05) is 25.1 Å². The van der Waals surface area contributed by atoms with Gasteiger partial charge in [-0.05, 0) is 6.07 Å². The Hall–Kier alpha value is -2.00. The van der Waals surface area contributed by atoms with Crippen molar-refractivity contribution in [2.45, 2.75) is 11.4 Å². The summed E-state index contributed by atoms with van der Waals surface area (Å²) in [5, 5.41) is 3.89. The molecule has 2 heterocycles. The molecule has 0 amide bonds. The van der Waals surface area contributed by atoms with E-state index in [-0.39, 0.29) is 10.8 Å². The number of anilines is 1. The molecule has 0 aromatic carbocycles. The number of aromatic nitrogens is 4. The second kappa shape index (κ2) is 5.10. The van der Waals surface area contributed by atoms with Gasteiger partial charge in [0.2, 0.25) is 5.95 Å². The predicted molar refractivity (Wildman–Crippen MR) is 64.1 cm³/mol. The van der Waals surface area contributed by atoms with Gasteiger partial charge in [-0.15, -0.1) is 0 Å². The maximum Gasteiger partial charge on any atom is 0.267 e. The van der Waals surface area contributed by atoms with E-state index in [4.69, 9.17) is 5.73 Å². The van der Waals surface area contributed by atoms with Crippen molar-refractivity contribution in [2.24, 2.45) is 5.73 Å². The third-order valence-electron chi connectivity index (χ3n) is 2.07. The first-order chi connectivity index (χ1) is 8.62. The van der Waals surface area contributed by atoms with Gasteiger partial charge in [-0.25, -0.2) is 23.1 Å². The summed E-state index contributed by atoms with van der Waals surface area (Å²) in [7, 11) is -3.71. The van der Waals surface area contributed by atoms with Gasteiger partial charge in [0.25, 0.3) is 10.0 Å². The van der Waals surface area contributed by atoms with E-state index in [9.17, 15) is 8.42 Å². The minimum Gasteiger partial charge on any atom is -0.329 e. The van der Waals surface area contributed by atoms with Crippen LogP contribution in [0, 0.1) is 0 Å². The summed E-state index contributed by atoms with van der Waals surface area (Å²) in [5.41, 5.74) is 5.36. The molecule has 96 valence electrons. The normalized spacial score (nSPS) is 11.4. The van der Waals surface area contributed by atoms with Crippen molar-refractivity contribution >= 4 is 16.0 Å². The summed E-state index contributed by atoms with van der Waals surface area (Å²) in [4.78, 5) is 7.61. The zero-order valence-electron chi connectivity index (χ0n) is 9.39. The van der Waals surface area contributed by atoms with Gasteiger partial charge in [0.15, 0.2) is 0 Å². The summed E-state index contributed by atoms with van der Waals surface area (Å²) >= 11 is 0. The number of nitrogens with two attached hydrogens (primary N) is 1. The summed E-state index contributed by atoms with van der Waals surface area (Å²) < 4.78 is 27.6. The molecule has 2 rings (SSSR count). The van der Waals surface area contributed by atoms with Gasteiger partial charge in [-0.1, -0.05) is 0 Å². The smallest absolute Gasteiger partial charge is 0.267 e. The van der Waals surface area contributed by atoms with E-state index in [0.717, 1.165) is 0 Å². The highest BCUT2D eigenvalue weighted by molar-refractivity contribution is 7.92. The molecule has 0 saturated heterocycles. The van der Waals surface area contributed by atoms with Crippen LogP contribution >= 0.6 is 0 Å². The van der Waals surface area contributed by atoms with Crippen LogP contribution in [-0.2, 0) is 16.6 Å². The lowest BCUT2D eigenvalue weighted by Crippen LogP contribution is -2.14. The zero-order valence-corrected chi connectivity index (χ0v) is 10.2. The largest absolute Gasteiger partial charge is 0.329 e. The number of hydrogen-bond acceptors (Lipinski definition) is 6. The van der Waals surface area contributed by atoms with Crippen LogP contribution in [0.2, 0.25) is 0 Å². The molecular weight excluding hydrogens is 256 g/mol. The molecule has 8 nitrogen and oxygen atoms in total. The fourth-order valence-corrected chi connectivity index (χ4v) is 2.18. The highest BCUT2D eigenvalue weighted by atomic mass is 32.2. The van der Waals surface area contributed by atoms with Crippen molar-refractivity contribution in [1.82, 2.24) is 19.7 Å². The average Bonchev–Trinajstić information content (AvgIpc) is 2.80. The molecule has 0 bridgehead atoms. The van der Waals surface area contributed by atoms with Crippen LogP contribution in [0.3, 0.4) is 0 Å².